The molecule has 0 heterocycles. The van der Waals surface area contributed by atoms with Gasteiger partial charge in [0.2, 0.25) is 0 Å². The molecule has 0 bridgehead atoms. The Bertz CT molecular complexity index is 388. The van der Waals surface area contributed by atoms with Gasteiger partial charge in [0, 0.05) is 6.54 Å². The fraction of sp³-hybridized carbons (Fsp3) is 0.562. The number of carbonyl (C=O) groups is 1. The number of nitrogens with zero attached hydrogens (tertiary/aromatic N) is 1. The molecule has 0 aliphatic rings. The topological polar surface area (TPSA) is 49.8 Å². The molecular weight excluding hydrogens is 254 g/mol. The molecule has 0 saturated heterocycles. The van der Waals surface area contributed by atoms with Gasteiger partial charge in [-0.3, -0.25) is 4.79 Å². The molecule has 20 heavy (non-hydrogen) atoms. The average molecular weight is 279 g/mol. The largest absolute Gasteiger partial charge is 0.464 e. The van der Waals surface area contributed by atoms with Crippen LogP contribution in [0, 0.1) is 0 Å². The SMILES string of the molecule is CCN(CC)CCOC(=O)C(c1ccccc1)C(C)O. The van der Waals surface area contributed by atoms with Crippen LogP contribution in [0.1, 0.15) is 32.3 Å². The molecule has 0 amide bonds. The molecule has 2 unspecified atom stereocenters. The van der Waals surface area contributed by atoms with Crippen molar-refractivity contribution in [2.75, 3.05) is 26.2 Å². The van der Waals surface area contributed by atoms with Crippen molar-refractivity contribution in [2.45, 2.75) is 32.8 Å². The molecule has 0 aliphatic heterocycles. The minimum Gasteiger partial charge on any atom is -0.464 e. The molecule has 1 aromatic rings. The van der Waals surface area contributed by atoms with Gasteiger partial charge in [-0.15, -0.1) is 0 Å². The highest BCUT2D eigenvalue weighted by Gasteiger charge is 2.26. The second-order valence-corrected chi connectivity index (χ2v) is 4.82. The van der Waals surface area contributed by atoms with Gasteiger partial charge in [-0.25, -0.2) is 0 Å². The fourth-order valence-corrected chi connectivity index (χ4v) is 2.18. The Hall–Kier alpha value is -1.39. The Kier molecular flexibility index (Phi) is 7.26. The zero-order valence-corrected chi connectivity index (χ0v) is 12.6. The molecule has 2 atom stereocenters. The van der Waals surface area contributed by atoms with E-state index in [9.17, 15) is 9.90 Å². The van der Waals surface area contributed by atoms with E-state index in [0.29, 0.717) is 6.61 Å². The van der Waals surface area contributed by atoms with E-state index in [1.165, 1.54) is 0 Å². The summed E-state index contributed by atoms with van der Waals surface area (Å²) in [5.74, 6) is -0.980. The zero-order chi connectivity index (χ0) is 15.0. The lowest BCUT2D eigenvalue weighted by Crippen LogP contribution is -2.31. The van der Waals surface area contributed by atoms with Crippen molar-refractivity contribution in [1.29, 1.82) is 0 Å². The van der Waals surface area contributed by atoms with Crippen LogP contribution in [0.5, 0.6) is 0 Å². The van der Waals surface area contributed by atoms with Gasteiger partial charge in [0.05, 0.1) is 6.10 Å². The molecule has 1 N–H and O–H groups in total. The summed E-state index contributed by atoms with van der Waals surface area (Å²) < 4.78 is 5.31. The second-order valence-electron chi connectivity index (χ2n) is 4.82. The first kappa shape index (κ1) is 16.7. The molecule has 0 fully saturated rings. The van der Waals surface area contributed by atoms with E-state index in [1.54, 1.807) is 6.92 Å². The molecule has 0 saturated carbocycles. The summed E-state index contributed by atoms with van der Waals surface area (Å²) in [6, 6.07) is 9.27. The van der Waals surface area contributed by atoms with E-state index in [-0.39, 0.29) is 5.97 Å². The molecule has 0 aliphatic carbocycles. The van der Waals surface area contributed by atoms with E-state index in [0.717, 1.165) is 25.2 Å². The third-order valence-electron chi connectivity index (χ3n) is 3.44. The fourth-order valence-electron chi connectivity index (χ4n) is 2.18. The predicted molar refractivity (Wildman–Crippen MR) is 79.6 cm³/mol. The number of aliphatic hydroxyl groups excluding tert-OH is 1. The van der Waals surface area contributed by atoms with E-state index >= 15 is 0 Å². The Morgan fingerprint density at radius 3 is 2.35 bits per heavy atom. The second kappa shape index (κ2) is 8.72. The Morgan fingerprint density at radius 1 is 1.25 bits per heavy atom. The van der Waals surface area contributed by atoms with Crippen LogP contribution in [0.15, 0.2) is 30.3 Å². The van der Waals surface area contributed by atoms with Crippen molar-refractivity contribution in [3.05, 3.63) is 35.9 Å². The number of esters is 1. The normalized spacial score (nSPS) is 14.1. The van der Waals surface area contributed by atoms with Gasteiger partial charge in [-0.1, -0.05) is 44.2 Å². The highest BCUT2D eigenvalue weighted by Crippen LogP contribution is 2.21. The quantitative estimate of drug-likeness (QED) is 0.740. The van der Waals surface area contributed by atoms with Crippen LogP contribution in [0.2, 0.25) is 0 Å². The van der Waals surface area contributed by atoms with Crippen molar-refractivity contribution in [3.63, 3.8) is 0 Å². The summed E-state index contributed by atoms with van der Waals surface area (Å²) in [5.41, 5.74) is 0.787. The maximum Gasteiger partial charge on any atom is 0.316 e. The van der Waals surface area contributed by atoms with Crippen molar-refractivity contribution in [2.24, 2.45) is 0 Å². The van der Waals surface area contributed by atoms with Gasteiger partial charge in [-0.2, -0.15) is 0 Å². The lowest BCUT2D eigenvalue weighted by Gasteiger charge is -2.21. The number of likely N-dealkylation sites (N-methyl/N-ethyl adjacent to an activating group) is 1. The van der Waals surface area contributed by atoms with E-state index < -0.39 is 12.0 Å². The summed E-state index contributed by atoms with van der Waals surface area (Å²) >= 11 is 0. The summed E-state index contributed by atoms with van der Waals surface area (Å²) in [5, 5.41) is 9.83. The summed E-state index contributed by atoms with van der Waals surface area (Å²) in [7, 11) is 0. The average Bonchev–Trinajstić information content (AvgIpc) is 2.44. The zero-order valence-electron chi connectivity index (χ0n) is 12.6. The Labute approximate surface area is 121 Å². The number of aliphatic hydroxyl groups is 1. The van der Waals surface area contributed by atoms with Gasteiger partial charge >= 0.3 is 5.97 Å². The van der Waals surface area contributed by atoms with E-state index in [2.05, 4.69) is 18.7 Å². The van der Waals surface area contributed by atoms with Crippen molar-refractivity contribution < 1.29 is 14.6 Å². The highest BCUT2D eigenvalue weighted by atomic mass is 16.5. The molecule has 1 rings (SSSR count). The Morgan fingerprint density at radius 2 is 1.85 bits per heavy atom. The Balaban J connectivity index is 2.58. The van der Waals surface area contributed by atoms with E-state index in [1.807, 2.05) is 30.3 Å². The molecule has 0 radical (unpaired) electrons. The van der Waals surface area contributed by atoms with Gasteiger partial charge in [0.25, 0.3) is 0 Å². The van der Waals surface area contributed by atoms with Gasteiger partial charge in [-0.05, 0) is 25.6 Å². The number of hydrogen-bond acceptors (Lipinski definition) is 4. The number of rotatable bonds is 8. The highest BCUT2D eigenvalue weighted by molar-refractivity contribution is 5.78. The first-order valence-corrected chi connectivity index (χ1v) is 7.22. The van der Waals surface area contributed by atoms with Crippen LogP contribution in [-0.4, -0.2) is 48.3 Å². The minimum absolute atomic E-state index is 0.358. The lowest BCUT2D eigenvalue weighted by atomic mass is 9.94. The maximum atomic E-state index is 12.1. The third kappa shape index (κ3) is 4.94. The summed E-state index contributed by atoms with van der Waals surface area (Å²) in [6.07, 6.45) is -0.765. The molecule has 1 aromatic carbocycles. The first-order valence-electron chi connectivity index (χ1n) is 7.22. The van der Waals surface area contributed by atoms with Gasteiger partial charge in [0.1, 0.15) is 12.5 Å². The lowest BCUT2D eigenvalue weighted by molar-refractivity contribution is -0.148. The van der Waals surface area contributed by atoms with Crippen LogP contribution in [0.4, 0.5) is 0 Å². The summed E-state index contributed by atoms with van der Waals surface area (Å²) in [6.45, 7) is 8.72. The molecule has 4 heteroatoms. The smallest absolute Gasteiger partial charge is 0.316 e. The van der Waals surface area contributed by atoms with Crippen LogP contribution in [-0.2, 0) is 9.53 Å². The van der Waals surface area contributed by atoms with Crippen LogP contribution >= 0.6 is 0 Å². The van der Waals surface area contributed by atoms with Crippen molar-refractivity contribution in [1.82, 2.24) is 4.90 Å². The number of hydrogen-bond donors (Lipinski definition) is 1. The standard InChI is InChI=1S/C16H25NO3/c1-4-17(5-2)11-12-20-16(19)15(13(3)18)14-9-7-6-8-10-14/h6-10,13,15,18H,4-5,11-12H2,1-3H3. The van der Waals surface area contributed by atoms with Crippen molar-refractivity contribution >= 4 is 5.97 Å². The van der Waals surface area contributed by atoms with Crippen LogP contribution in [0.3, 0.4) is 0 Å². The minimum atomic E-state index is -0.765. The first-order chi connectivity index (χ1) is 9.60. The molecule has 4 nitrogen and oxygen atoms in total. The number of benzene rings is 1. The van der Waals surface area contributed by atoms with Gasteiger partial charge < -0.3 is 14.7 Å². The third-order valence-corrected chi connectivity index (χ3v) is 3.44. The number of carbonyl (C=O) groups excluding carboxylic acids is 1. The summed E-state index contributed by atoms with van der Waals surface area (Å²) in [4.78, 5) is 14.3. The molecule has 0 aromatic heterocycles. The van der Waals surface area contributed by atoms with Crippen LogP contribution < -0.4 is 0 Å². The van der Waals surface area contributed by atoms with Gasteiger partial charge in [0.15, 0.2) is 0 Å². The monoisotopic (exact) mass is 279 g/mol. The molecule has 112 valence electrons. The van der Waals surface area contributed by atoms with Crippen molar-refractivity contribution in [3.8, 4) is 0 Å². The number of ether oxygens (including phenoxy) is 1. The van der Waals surface area contributed by atoms with E-state index in [4.69, 9.17) is 4.74 Å². The van der Waals surface area contributed by atoms with Crippen LogP contribution in [0.25, 0.3) is 0 Å². The predicted octanol–water partition coefficient (Wildman–Crippen LogP) is 2.04. The molecule has 0 spiro atoms. The molecular formula is C16H25NO3. The maximum absolute atomic E-state index is 12.1.